The Balaban J connectivity index is 3.49. The first-order valence-corrected chi connectivity index (χ1v) is 4.90. The van der Waals surface area contributed by atoms with E-state index in [0.717, 1.165) is 0 Å². The van der Waals surface area contributed by atoms with E-state index < -0.39 is 7.82 Å². The van der Waals surface area contributed by atoms with E-state index in [2.05, 4.69) is 29.2 Å². The van der Waals surface area contributed by atoms with E-state index in [1.54, 1.807) is 13.8 Å². The van der Waals surface area contributed by atoms with Crippen molar-refractivity contribution in [3.8, 4) is 0 Å². The van der Waals surface area contributed by atoms with Crippen molar-refractivity contribution in [3.63, 3.8) is 0 Å². The maximum absolute atomic E-state index is 10.7. The Kier molecular flexibility index (Phi) is 7.33. The molecule has 1 N–H and O–H groups in total. The highest BCUT2D eigenvalue weighted by atomic mass is 31.2. The minimum Gasteiger partial charge on any atom is -0.299 e. The highest BCUT2D eigenvalue weighted by Crippen LogP contribution is 2.43. The van der Waals surface area contributed by atoms with Crippen LogP contribution in [0.15, 0.2) is 0 Å². The molecule has 0 aromatic rings. The summed E-state index contributed by atoms with van der Waals surface area (Å²) < 4.78 is 18.2. The predicted octanol–water partition coefficient (Wildman–Crippen LogP) is 0.886. The third-order valence-electron chi connectivity index (χ3n) is 0.581. The van der Waals surface area contributed by atoms with Crippen molar-refractivity contribution < 1.29 is 38.7 Å². The van der Waals surface area contributed by atoms with Crippen LogP contribution in [0.4, 0.5) is 0 Å². The van der Waals surface area contributed by atoms with E-state index >= 15 is 0 Å². The van der Waals surface area contributed by atoms with Crippen LogP contribution in [0.2, 0.25) is 0 Å². The highest BCUT2D eigenvalue weighted by molar-refractivity contribution is 7.47. The molecule has 0 heterocycles. The molecule has 0 atom stereocenters. The second-order valence-corrected chi connectivity index (χ2v) is 2.80. The van der Waals surface area contributed by atoms with Gasteiger partial charge in [0, 0.05) is 0 Å². The fourth-order valence-electron chi connectivity index (χ4n) is 0.229. The number of hydrogen-bond acceptors (Lipinski definition) is 7. The van der Waals surface area contributed by atoms with E-state index in [1.165, 1.54) is 0 Å². The summed E-state index contributed by atoms with van der Waals surface area (Å²) in [6, 6.07) is 0. The summed E-state index contributed by atoms with van der Waals surface area (Å²) in [4.78, 5) is 17.0. The zero-order chi connectivity index (χ0) is 10.2. The minimum absolute atomic E-state index is 0.145. The third kappa shape index (κ3) is 8.28. The smallest absolute Gasteiger partial charge is 0.299 e. The summed E-state index contributed by atoms with van der Waals surface area (Å²) in [6.07, 6.45) is 0. The van der Waals surface area contributed by atoms with Gasteiger partial charge < -0.3 is 0 Å². The van der Waals surface area contributed by atoms with Crippen molar-refractivity contribution in [2.24, 2.45) is 0 Å². The molecule has 8 nitrogen and oxygen atoms in total. The molecule has 0 aliphatic carbocycles. The van der Waals surface area contributed by atoms with Crippen molar-refractivity contribution in [1.29, 1.82) is 0 Å². The van der Waals surface area contributed by atoms with E-state index in [1.807, 2.05) is 0 Å². The van der Waals surface area contributed by atoms with Crippen LogP contribution in [0.5, 0.6) is 0 Å². The number of phosphoric acid groups is 1. The molecule has 0 aliphatic rings. The first-order chi connectivity index (χ1) is 6.12. The van der Waals surface area contributed by atoms with Gasteiger partial charge >= 0.3 is 7.82 Å². The third-order valence-corrected chi connectivity index (χ3v) is 1.08. The van der Waals surface area contributed by atoms with Gasteiger partial charge in [-0.3, -0.25) is 4.89 Å². The molecule has 0 saturated heterocycles. The Labute approximate surface area is 74.6 Å². The van der Waals surface area contributed by atoms with Crippen LogP contribution in [0.25, 0.3) is 0 Å². The molecule has 9 heteroatoms. The summed E-state index contributed by atoms with van der Waals surface area (Å²) in [7, 11) is -4.45. The minimum atomic E-state index is -4.45. The normalized spacial score (nSPS) is 11.9. The van der Waals surface area contributed by atoms with Crippen LogP contribution in [-0.2, 0) is 33.8 Å². The molecule has 0 bridgehead atoms. The van der Waals surface area contributed by atoms with Crippen molar-refractivity contribution in [2.45, 2.75) is 13.8 Å². The lowest BCUT2D eigenvalue weighted by atomic mass is 10.9. The lowest BCUT2D eigenvalue weighted by Gasteiger charge is -2.06. The van der Waals surface area contributed by atoms with Gasteiger partial charge in [-0.15, -0.1) is 0 Å². The van der Waals surface area contributed by atoms with Crippen LogP contribution in [0.1, 0.15) is 13.8 Å². The van der Waals surface area contributed by atoms with Gasteiger partial charge in [-0.1, -0.05) is 19.4 Å². The van der Waals surface area contributed by atoms with Crippen molar-refractivity contribution in [2.75, 3.05) is 13.2 Å². The van der Waals surface area contributed by atoms with E-state index in [-0.39, 0.29) is 13.2 Å². The van der Waals surface area contributed by atoms with Gasteiger partial charge in [0.15, 0.2) is 0 Å². The second-order valence-electron chi connectivity index (χ2n) is 1.57. The largest absolute Gasteiger partial charge is 0.531 e. The summed E-state index contributed by atoms with van der Waals surface area (Å²) in [5.74, 6) is 0. The molecule has 0 amide bonds. The Morgan fingerprint density at radius 2 is 1.46 bits per heavy atom. The standard InChI is InChI=1S/C4H11O8P/c1-3-7-9-11-13(5,6)12-10-8-4-2/h3-4H2,1-2H3,(H,5,6). The molecule has 80 valence electrons. The topological polar surface area (TPSA) is 92.7 Å². The van der Waals surface area contributed by atoms with E-state index in [9.17, 15) is 4.57 Å². The summed E-state index contributed by atoms with van der Waals surface area (Å²) in [5.41, 5.74) is 0. The van der Waals surface area contributed by atoms with Gasteiger partial charge in [0.05, 0.1) is 13.2 Å². The lowest BCUT2D eigenvalue weighted by Crippen LogP contribution is -1.99. The average Bonchev–Trinajstić information content (AvgIpc) is 2.05. The molecule has 0 saturated carbocycles. The zero-order valence-corrected chi connectivity index (χ0v) is 8.06. The van der Waals surface area contributed by atoms with Gasteiger partial charge in [-0.05, 0) is 13.8 Å². The molecule has 0 unspecified atom stereocenters. The average molecular weight is 218 g/mol. The lowest BCUT2D eigenvalue weighted by molar-refractivity contribution is -0.503. The van der Waals surface area contributed by atoms with Gasteiger partial charge in [0.2, 0.25) is 0 Å². The highest BCUT2D eigenvalue weighted by Gasteiger charge is 2.25. The fourth-order valence-corrected chi connectivity index (χ4v) is 0.493. The maximum atomic E-state index is 10.7. The van der Waals surface area contributed by atoms with Crippen LogP contribution in [-0.4, -0.2) is 18.1 Å². The molecule has 13 heavy (non-hydrogen) atoms. The molecule has 0 fully saturated rings. The summed E-state index contributed by atoms with van der Waals surface area (Å²) in [5, 5.41) is 7.61. The van der Waals surface area contributed by atoms with Crippen LogP contribution in [0, 0.1) is 0 Å². The molecule has 0 aromatic carbocycles. The monoisotopic (exact) mass is 218 g/mol. The van der Waals surface area contributed by atoms with E-state index in [4.69, 9.17) is 4.89 Å². The molecule has 0 aromatic heterocycles. The zero-order valence-electron chi connectivity index (χ0n) is 7.17. The SMILES string of the molecule is CCOOOP(=O)(O)OOOCC. The molecule has 0 rings (SSSR count). The van der Waals surface area contributed by atoms with Gasteiger partial charge in [0.1, 0.15) is 0 Å². The quantitative estimate of drug-likeness (QED) is 0.278. The molecular formula is C4H11O8P. The fraction of sp³-hybridized carbons (Fsp3) is 1.00. The maximum Gasteiger partial charge on any atom is 0.531 e. The molecule has 0 spiro atoms. The number of rotatable bonds is 8. The van der Waals surface area contributed by atoms with Gasteiger partial charge in [-0.25, -0.2) is 14.3 Å². The van der Waals surface area contributed by atoms with Crippen LogP contribution >= 0.6 is 7.82 Å². The predicted molar refractivity (Wildman–Crippen MR) is 37.4 cm³/mol. The molecule has 0 radical (unpaired) electrons. The van der Waals surface area contributed by atoms with Crippen molar-refractivity contribution in [1.82, 2.24) is 0 Å². The van der Waals surface area contributed by atoms with Crippen LogP contribution in [0.3, 0.4) is 0 Å². The Bertz CT molecular complexity index is 146. The summed E-state index contributed by atoms with van der Waals surface area (Å²) >= 11 is 0. The first kappa shape index (κ1) is 12.9. The molecular weight excluding hydrogens is 207 g/mol. The Morgan fingerprint density at radius 3 is 1.77 bits per heavy atom. The van der Waals surface area contributed by atoms with Crippen molar-refractivity contribution in [3.05, 3.63) is 0 Å². The number of hydrogen-bond donors (Lipinski definition) is 1. The van der Waals surface area contributed by atoms with E-state index in [0.29, 0.717) is 0 Å². The second kappa shape index (κ2) is 7.36. The molecule has 0 aliphatic heterocycles. The first-order valence-electron chi connectivity index (χ1n) is 3.41. The van der Waals surface area contributed by atoms with Gasteiger partial charge in [0.25, 0.3) is 0 Å². The Hall–Kier alpha value is -0.0500. The van der Waals surface area contributed by atoms with Crippen LogP contribution < -0.4 is 0 Å². The van der Waals surface area contributed by atoms with Crippen molar-refractivity contribution >= 4 is 7.82 Å². The van der Waals surface area contributed by atoms with Gasteiger partial charge in [-0.2, -0.15) is 0 Å². The summed E-state index contributed by atoms with van der Waals surface area (Å²) in [6.45, 7) is 3.46. The Morgan fingerprint density at radius 1 is 1.08 bits per heavy atom.